The van der Waals surface area contributed by atoms with Gasteiger partial charge in [0.05, 0.1) is 34.8 Å². The molecule has 0 spiro atoms. The normalized spacial score (nSPS) is 19.2. The number of morpholine rings is 1. The lowest BCUT2D eigenvalue weighted by Gasteiger charge is -2.34. The van der Waals surface area contributed by atoms with E-state index < -0.39 is 26.0 Å². The molecule has 192 valence electrons. The van der Waals surface area contributed by atoms with Gasteiger partial charge in [-0.05, 0) is 74.5 Å². The highest BCUT2D eigenvalue weighted by Gasteiger charge is 2.32. The van der Waals surface area contributed by atoms with E-state index in [2.05, 4.69) is 10.0 Å². The minimum absolute atomic E-state index is 0.0170. The zero-order valence-electron chi connectivity index (χ0n) is 19.7. The van der Waals surface area contributed by atoms with Crippen molar-refractivity contribution in [3.05, 3.63) is 78.3 Å². The van der Waals surface area contributed by atoms with Gasteiger partial charge in [0.25, 0.3) is 5.91 Å². The molecule has 3 aromatic rings. The van der Waals surface area contributed by atoms with E-state index in [9.17, 15) is 21.6 Å². The first kappa shape index (κ1) is 26.0. The fourth-order valence-corrected chi connectivity index (χ4v) is 6.42. The van der Waals surface area contributed by atoms with E-state index in [1.807, 2.05) is 13.8 Å². The lowest BCUT2D eigenvalue weighted by Crippen LogP contribution is -2.48. The fourth-order valence-electron chi connectivity index (χ4n) is 3.84. The zero-order valence-corrected chi connectivity index (χ0v) is 21.4. The van der Waals surface area contributed by atoms with Gasteiger partial charge in [0, 0.05) is 24.3 Å². The molecule has 12 heteroatoms. The molecule has 1 fully saturated rings. The highest BCUT2D eigenvalue weighted by atomic mass is 32.2. The summed E-state index contributed by atoms with van der Waals surface area (Å²) >= 11 is 0. The van der Waals surface area contributed by atoms with Crippen LogP contribution < -0.4 is 10.0 Å². The number of ether oxygens (including phenoxy) is 1. The van der Waals surface area contributed by atoms with Crippen molar-refractivity contribution in [3.63, 3.8) is 0 Å². The molecule has 0 radical (unpaired) electrons. The summed E-state index contributed by atoms with van der Waals surface area (Å²) in [6.45, 7) is 4.19. The van der Waals surface area contributed by atoms with Gasteiger partial charge in [-0.15, -0.1) is 0 Å². The van der Waals surface area contributed by atoms with Crippen LogP contribution in [0.4, 0.5) is 5.69 Å². The van der Waals surface area contributed by atoms with Crippen molar-refractivity contribution in [1.29, 1.82) is 0 Å². The molecule has 2 aromatic carbocycles. The highest BCUT2D eigenvalue weighted by molar-refractivity contribution is 7.89. The van der Waals surface area contributed by atoms with Crippen LogP contribution in [0.2, 0.25) is 0 Å². The molecular formula is C24H27N3O7S2. The van der Waals surface area contributed by atoms with Crippen LogP contribution in [-0.2, 0) is 31.3 Å². The number of furan rings is 1. The van der Waals surface area contributed by atoms with E-state index in [0.717, 1.165) is 0 Å². The van der Waals surface area contributed by atoms with Crippen LogP contribution in [0, 0.1) is 0 Å². The Balaban J connectivity index is 1.39. The van der Waals surface area contributed by atoms with Crippen LogP contribution in [-0.4, -0.2) is 52.3 Å². The van der Waals surface area contributed by atoms with Crippen molar-refractivity contribution in [1.82, 2.24) is 9.03 Å². The van der Waals surface area contributed by atoms with Gasteiger partial charge < -0.3 is 14.5 Å². The third-order valence-electron chi connectivity index (χ3n) is 5.58. The quantitative estimate of drug-likeness (QED) is 0.455. The highest BCUT2D eigenvalue weighted by Crippen LogP contribution is 2.22. The first-order valence-electron chi connectivity index (χ1n) is 11.2. The van der Waals surface area contributed by atoms with Crippen molar-refractivity contribution < 1.29 is 30.8 Å². The van der Waals surface area contributed by atoms with E-state index >= 15 is 0 Å². The molecule has 2 N–H and O–H groups in total. The molecule has 0 bridgehead atoms. The van der Waals surface area contributed by atoms with Crippen molar-refractivity contribution in [2.75, 3.05) is 18.4 Å². The number of anilines is 1. The van der Waals surface area contributed by atoms with Crippen LogP contribution in [0.25, 0.3) is 0 Å². The van der Waals surface area contributed by atoms with E-state index in [4.69, 9.17) is 9.15 Å². The molecule has 0 unspecified atom stereocenters. The van der Waals surface area contributed by atoms with Gasteiger partial charge in [-0.3, -0.25) is 4.79 Å². The number of nitrogens with one attached hydrogen (secondary N) is 2. The molecule has 2 atom stereocenters. The number of carbonyl (C=O) groups excluding carboxylic acids is 1. The van der Waals surface area contributed by atoms with Crippen LogP contribution in [0.1, 0.15) is 30.0 Å². The van der Waals surface area contributed by atoms with Crippen molar-refractivity contribution in [2.24, 2.45) is 0 Å². The van der Waals surface area contributed by atoms with Crippen LogP contribution in [0.5, 0.6) is 0 Å². The fraction of sp³-hybridized carbons (Fsp3) is 0.292. The number of hydrogen-bond acceptors (Lipinski definition) is 7. The maximum Gasteiger partial charge on any atom is 0.255 e. The Kier molecular flexibility index (Phi) is 7.62. The van der Waals surface area contributed by atoms with E-state index in [-0.39, 0.29) is 47.2 Å². The summed E-state index contributed by atoms with van der Waals surface area (Å²) in [7, 11) is -7.47. The monoisotopic (exact) mass is 533 g/mol. The number of rotatable bonds is 8. The predicted molar refractivity (Wildman–Crippen MR) is 132 cm³/mol. The molecule has 1 aliphatic heterocycles. The number of sulfonamides is 2. The molecule has 1 aliphatic rings. The Bertz CT molecular complexity index is 1390. The second kappa shape index (κ2) is 10.5. The number of carbonyl (C=O) groups is 1. The molecule has 1 saturated heterocycles. The molecule has 2 heterocycles. The maximum atomic E-state index is 13.0. The van der Waals surface area contributed by atoms with Crippen molar-refractivity contribution in [3.8, 4) is 0 Å². The Morgan fingerprint density at radius 2 is 1.53 bits per heavy atom. The number of amides is 1. The molecule has 36 heavy (non-hydrogen) atoms. The zero-order chi connectivity index (χ0) is 25.9. The maximum absolute atomic E-state index is 13.0. The second-order valence-electron chi connectivity index (χ2n) is 8.49. The number of benzene rings is 2. The van der Waals surface area contributed by atoms with Crippen molar-refractivity contribution >= 4 is 31.6 Å². The van der Waals surface area contributed by atoms with Gasteiger partial charge in [-0.1, -0.05) is 0 Å². The summed E-state index contributed by atoms with van der Waals surface area (Å²) in [6, 6.07) is 14.7. The summed E-state index contributed by atoms with van der Waals surface area (Å²) in [6.07, 6.45) is 1.04. The third-order valence-corrected chi connectivity index (χ3v) is 8.84. The van der Waals surface area contributed by atoms with E-state index in [0.29, 0.717) is 11.4 Å². The third kappa shape index (κ3) is 6.02. The topological polar surface area (TPSA) is 135 Å². The molecular weight excluding hydrogens is 506 g/mol. The van der Waals surface area contributed by atoms with Crippen LogP contribution in [0.15, 0.2) is 81.1 Å². The van der Waals surface area contributed by atoms with Gasteiger partial charge in [0.1, 0.15) is 5.76 Å². The largest absolute Gasteiger partial charge is 0.468 e. The van der Waals surface area contributed by atoms with Crippen molar-refractivity contribution in [2.45, 2.75) is 42.4 Å². The minimum Gasteiger partial charge on any atom is -0.468 e. The minimum atomic E-state index is -3.76. The average molecular weight is 534 g/mol. The van der Waals surface area contributed by atoms with Gasteiger partial charge in [0.15, 0.2) is 0 Å². The van der Waals surface area contributed by atoms with E-state index in [1.165, 1.54) is 59.1 Å². The Morgan fingerprint density at radius 3 is 2.11 bits per heavy atom. The summed E-state index contributed by atoms with van der Waals surface area (Å²) in [5, 5.41) is 2.68. The summed E-state index contributed by atoms with van der Waals surface area (Å²) in [5.74, 6) is 0.0226. The standard InChI is InChI=1S/C24H27N3O7S2/c1-17-15-27(16-18(2)34-17)36(31,32)23-9-5-19(6-10-23)24(28)26-20-7-11-22(12-8-20)35(29,30)25-14-21-4-3-13-33-21/h3-13,17-18,25H,14-16H2,1-2H3,(H,26,28)/t17-,18-/m1/s1. The molecule has 0 aliphatic carbocycles. The first-order valence-corrected chi connectivity index (χ1v) is 14.2. The molecule has 1 amide bonds. The molecule has 0 saturated carbocycles. The summed E-state index contributed by atoms with van der Waals surface area (Å²) in [4.78, 5) is 12.8. The molecule has 4 rings (SSSR count). The average Bonchev–Trinajstić information content (AvgIpc) is 3.36. The summed E-state index contributed by atoms with van der Waals surface area (Å²) < 4.78 is 65.4. The van der Waals surface area contributed by atoms with Crippen LogP contribution >= 0.6 is 0 Å². The second-order valence-corrected chi connectivity index (χ2v) is 12.2. The molecule has 10 nitrogen and oxygen atoms in total. The van der Waals surface area contributed by atoms with Gasteiger partial charge >= 0.3 is 0 Å². The summed E-state index contributed by atoms with van der Waals surface area (Å²) in [5.41, 5.74) is 0.646. The Hall–Kier alpha value is -3.03. The van der Waals surface area contributed by atoms with E-state index in [1.54, 1.807) is 12.1 Å². The van der Waals surface area contributed by atoms with Crippen LogP contribution in [0.3, 0.4) is 0 Å². The SMILES string of the molecule is C[C@@H]1CN(S(=O)(=O)c2ccc(C(=O)Nc3ccc(S(=O)(=O)NCc4ccco4)cc3)cc2)C[C@@H](C)O1. The predicted octanol–water partition coefficient (Wildman–Crippen LogP) is 2.81. The Morgan fingerprint density at radius 1 is 0.917 bits per heavy atom. The van der Waals surface area contributed by atoms with Gasteiger partial charge in [-0.2, -0.15) is 4.31 Å². The lowest BCUT2D eigenvalue weighted by molar-refractivity contribution is -0.0440. The Labute approximate surface area is 210 Å². The molecule has 1 aromatic heterocycles. The number of nitrogens with zero attached hydrogens (tertiary/aromatic N) is 1. The van der Waals surface area contributed by atoms with Gasteiger partial charge in [-0.25, -0.2) is 21.6 Å². The van der Waals surface area contributed by atoms with Gasteiger partial charge in [0.2, 0.25) is 20.0 Å². The number of hydrogen-bond donors (Lipinski definition) is 2. The first-order chi connectivity index (χ1) is 17.0. The smallest absolute Gasteiger partial charge is 0.255 e. The lowest BCUT2D eigenvalue weighted by atomic mass is 10.2.